The lowest BCUT2D eigenvalue weighted by atomic mass is 9.87. The van der Waals surface area contributed by atoms with Crippen LogP contribution in [0.3, 0.4) is 0 Å². The third kappa shape index (κ3) is 6.37. The van der Waals surface area contributed by atoms with E-state index in [0.717, 1.165) is 25.4 Å². The zero-order valence-corrected chi connectivity index (χ0v) is 12.3. The number of hydrogen-bond acceptors (Lipinski definition) is 3. The van der Waals surface area contributed by atoms with Crippen molar-refractivity contribution in [3.05, 3.63) is 0 Å². The van der Waals surface area contributed by atoms with Gasteiger partial charge in [0.1, 0.15) is 0 Å². The highest BCUT2D eigenvalue weighted by Crippen LogP contribution is 2.21. The Hall–Kier alpha value is -0.590. The maximum atomic E-state index is 8.62. The molecule has 1 saturated heterocycles. The van der Waals surface area contributed by atoms with E-state index in [1.807, 2.05) is 0 Å². The summed E-state index contributed by atoms with van der Waals surface area (Å²) in [5, 5.41) is 12.2. The van der Waals surface area contributed by atoms with E-state index >= 15 is 0 Å². The molecule has 18 heavy (non-hydrogen) atoms. The molecular formula is C15H29N3. The minimum absolute atomic E-state index is 0.252. The van der Waals surface area contributed by atoms with Crippen LogP contribution in [0.1, 0.15) is 46.0 Å². The molecule has 1 aliphatic heterocycles. The van der Waals surface area contributed by atoms with Crippen LogP contribution in [-0.2, 0) is 0 Å². The van der Waals surface area contributed by atoms with Crippen molar-refractivity contribution >= 4 is 0 Å². The second kappa shape index (κ2) is 7.76. The smallest absolute Gasteiger partial charge is 0.0621 e. The Morgan fingerprint density at radius 1 is 1.33 bits per heavy atom. The molecule has 1 aliphatic rings. The second-order valence-electron chi connectivity index (χ2n) is 6.53. The average molecular weight is 251 g/mol. The van der Waals surface area contributed by atoms with Gasteiger partial charge >= 0.3 is 0 Å². The highest BCUT2D eigenvalue weighted by atomic mass is 15.1. The van der Waals surface area contributed by atoms with E-state index in [9.17, 15) is 0 Å². The largest absolute Gasteiger partial charge is 0.316 e. The van der Waals surface area contributed by atoms with Crippen molar-refractivity contribution in [2.75, 3.05) is 33.2 Å². The number of nitriles is 1. The Bertz CT molecular complexity index is 259. The zero-order chi connectivity index (χ0) is 13.4. The van der Waals surface area contributed by atoms with E-state index in [1.165, 1.54) is 32.4 Å². The molecule has 0 aromatic carbocycles. The third-order valence-electron chi connectivity index (χ3n) is 4.08. The number of hydrogen-bond donors (Lipinski definition) is 1. The summed E-state index contributed by atoms with van der Waals surface area (Å²) >= 11 is 0. The van der Waals surface area contributed by atoms with E-state index in [4.69, 9.17) is 5.26 Å². The molecule has 104 valence electrons. The van der Waals surface area contributed by atoms with E-state index in [1.54, 1.807) is 0 Å². The minimum Gasteiger partial charge on any atom is -0.316 e. The number of nitrogens with one attached hydrogen (secondary N) is 1. The number of likely N-dealkylation sites (tertiary alicyclic amines) is 1. The highest BCUT2D eigenvalue weighted by Gasteiger charge is 2.18. The van der Waals surface area contributed by atoms with Crippen molar-refractivity contribution in [2.24, 2.45) is 11.3 Å². The van der Waals surface area contributed by atoms with Crippen LogP contribution in [0.5, 0.6) is 0 Å². The fourth-order valence-corrected chi connectivity index (χ4v) is 2.57. The number of piperidine rings is 1. The van der Waals surface area contributed by atoms with Gasteiger partial charge in [-0.1, -0.05) is 13.8 Å². The van der Waals surface area contributed by atoms with Gasteiger partial charge in [0, 0.05) is 13.0 Å². The molecule has 0 bridgehead atoms. The average Bonchev–Trinajstić information content (AvgIpc) is 2.34. The van der Waals surface area contributed by atoms with Crippen LogP contribution in [0.25, 0.3) is 0 Å². The SMILES string of the molecule is CN1CCC(CCNCC(C)(C)CCC#N)CC1. The van der Waals surface area contributed by atoms with Crippen LogP contribution in [0.15, 0.2) is 0 Å². The molecule has 0 aromatic rings. The molecule has 3 nitrogen and oxygen atoms in total. The first-order valence-electron chi connectivity index (χ1n) is 7.30. The van der Waals surface area contributed by atoms with E-state index in [0.29, 0.717) is 6.42 Å². The summed E-state index contributed by atoms with van der Waals surface area (Å²) < 4.78 is 0. The van der Waals surface area contributed by atoms with Gasteiger partial charge in [0.2, 0.25) is 0 Å². The maximum Gasteiger partial charge on any atom is 0.0621 e. The minimum atomic E-state index is 0.252. The van der Waals surface area contributed by atoms with Gasteiger partial charge in [0.25, 0.3) is 0 Å². The first kappa shape index (κ1) is 15.5. The van der Waals surface area contributed by atoms with E-state index < -0.39 is 0 Å². The van der Waals surface area contributed by atoms with Crippen molar-refractivity contribution in [2.45, 2.75) is 46.0 Å². The normalized spacial score (nSPS) is 18.8. The van der Waals surface area contributed by atoms with E-state index in [2.05, 4.69) is 37.2 Å². The molecule has 0 aromatic heterocycles. The van der Waals surface area contributed by atoms with Crippen LogP contribution in [0.2, 0.25) is 0 Å². The predicted molar refractivity (Wildman–Crippen MR) is 76.3 cm³/mol. The lowest BCUT2D eigenvalue weighted by Crippen LogP contribution is -2.34. The molecule has 1 rings (SSSR count). The second-order valence-corrected chi connectivity index (χ2v) is 6.53. The molecule has 3 heteroatoms. The predicted octanol–water partition coefficient (Wildman–Crippen LogP) is 2.64. The maximum absolute atomic E-state index is 8.62. The molecule has 0 spiro atoms. The summed E-state index contributed by atoms with van der Waals surface area (Å²) in [5.74, 6) is 0.913. The van der Waals surface area contributed by atoms with Gasteiger partial charge in [-0.2, -0.15) is 5.26 Å². The van der Waals surface area contributed by atoms with Crippen molar-refractivity contribution in [3.63, 3.8) is 0 Å². The number of rotatable bonds is 7. The van der Waals surface area contributed by atoms with Crippen molar-refractivity contribution in [3.8, 4) is 6.07 Å². The summed E-state index contributed by atoms with van der Waals surface area (Å²) in [6.45, 7) is 9.17. The topological polar surface area (TPSA) is 39.1 Å². The molecule has 0 amide bonds. The summed E-state index contributed by atoms with van der Waals surface area (Å²) in [5.41, 5.74) is 0.252. The van der Waals surface area contributed by atoms with Crippen molar-refractivity contribution < 1.29 is 0 Å². The summed E-state index contributed by atoms with van der Waals surface area (Å²) in [6.07, 6.45) is 5.68. The molecule has 1 heterocycles. The highest BCUT2D eigenvalue weighted by molar-refractivity contribution is 4.79. The number of nitrogens with zero attached hydrogens (tertiary/aromatic N) is 2. The van der Waals surface area contributed by atoms with Gasteiger partial charge < -0.3 is 10.2 Å². The first-order valence-corrected chi connectivity index (χ1v) is 7.30. The van der Waals surface area contributed by atoms with Gasteiger partial charge in [0.05, 0.1) is 6.07 Å². The monoisotopic (exact) mass is 251 g/mol. The fraction of sp³-hybridized carbons (Fsp3) is 0.933. The Morgan fingerprint density at radius 2 is 2.00 bits per heavy atom. The quantitative estimate of drug-likeness (QED) is 0.707. The molecule has 1 fully saturated rings. The molecule has 0 saturated carbocycles. The Morgan fingerprint density at radius 3 is 2.61 bits per heavy atom. The van der Waals surface area contributed by atoms with Gasteiger partial charge in [0.15, 0.2) is 0 Å². The molecular weight excluding hydrogens is 222 g/mol. The fourth-order valence-electron chi connectivity index (χ4n) is 2.57. The molecule has 0 aliphatic carbocycles. The summed E-state index contributed by atoms with van der Waals surface area (Å²) in [6, 6.07) is 2.24. The van der Waals surface area contributed by atoms with Gasteiger partial charge in [-0.15, -0.1) is 0 Å². The van der Waals surface area contributed by atoms with Gasteiger partial charge in [-0.3, -0.25) is 0 Å². The van der Waals surface area contributed by atoms with Gasteiger partial charge in [-0.25, -0.2) is 0 Å². The Labute approximate surface area is 113 Å². The van der Waals surface area contributed by atoms with Crippen LogP contribution in [-0.4, -0.2) is 38.1 Å². The van der Waals surface area contributed by atoms with E-state index in [-0.39, 0.29) is 5.41 Å². The summed E-state index contributed by atoms with van der Waals surface area (Å²) in [7, 11) is 2.21. The van der Waals surface area contributed by atoms with Crippen LogP contribution >= 0.6 is 0 Å². The van der Waals surface area contributed by atoms with Crippen LogP contribution < -0.4 is 5.32 Å². The molecule has 1 N–H and O–H groups in total. The van der Waals surface area contributed by atoms with Crippen molar-refractivity contribution in [1.29, 1.82) is 5.26 Å². The lowest BCUT2D eigenvalue weighted by Gasteiger charge is -2.29. The molecule has 0 atom stereocenters. The van der Waals surface area contributed by atoms with Gasteiger partial charge in [-0.05, 0) is 63.7 Å². The molecule has 0 unspecified atom stereocenters. The first-order chi connectivity index (χ1) is 8.53. The molecule has 0 radical (unpaired) electrons. The van der Waals surface area contributed by atoms with Crippen LogP contribution in [0, 0.1) is 22.7 Å². The third-order valence-corrected chi connectivity index (χ3v) is 4.08. The summed E-state index contributed by atoms with van der Waals surface area (Å²) in [4.78, 5) is 2.43. The Balaban J connectivity index is 2.06. The lowest BCUT2D eigenvalue weighted by molar-refractivity contribution is 0.209. The van der Waals surface area contributed by atoms with Crippen LogP contribution in [0.4, 0.5) is 0 Å². The standard InChI is InChI=1S/C15H29N3/c1-15(2,8-4-9-16)13-17-10-5-14-6-11-18(3)12-7-14/h14,17H,4-8,10-13H2,1-3H3. The van der Waals surface area contributed by atoms with Crippen molar-refractivity contribution in [1.82, 2.24) is 10.2 Å². The Kier molecular flexibility index (Phi) is 6.67. The zero-order valence-electron chi connectivity index (χ0n) is 12.3.